The Hall–Kier alpha value is -1.51. The van der Waals surface area contributed by atoms with Gasteiger partial charge in [-0.05, 0) is 30.9 Å². The molecular weight excluding hydrogens is 228 g/mol. The molecule has 1 aliphatic carbocycles. The van der Waals surface area contributed by atoms with Gasteiger partial charge in [-0.25, -0.2) is 4.79 Å². The zero-order valence-corrected chi connectivity index (χ0v) is 10.9. The summed E-state index contributed by atoms with van der Waals surface area (Å²) in [7, 11) is 1.56. The van der Waals surface area contributed by atoms with Crippen molar-refractivity contribution in [1.82, 2.24) is 0 Å². The van der Waals surface area contributed by atoms with Crippen LogP contribution in [0.15, 0.2) is 24.3 Å². The number of methoxy groups -OCH3 is 1. The van der Waals surface area contributed by atoms with Gasteiger partial charge in [-0.15, -0.1) is 0 Å². The summed E-state index contributed by atoms with van der Waals surface area (Å²) in [5.41, 5.74) is 0.510. The molecule has 0 unspecified atom stereocenters. The molecule has 0 saturated heterocycles. The van der Waals surface area contributed by atoms with Crippen molar-refractivity contribution in [1.29, 1.82) is 0 Å². The second kappa shape index (κ2) is 6.43. The number of carbonyl (C=O) groups excluding carboxylic acids is 1. The number of para-hydroxylation sites is 1. The molecule has 0 N–H and O–H groups in total. The van der Waals surface area contributed by atoms with E-state index in [9.17, 15) is 4.79 Å². The third-order valence-electron chi connectivity index (χ3n) is 3.50. The van der Waals surface area contributed by atoms with Crippen LogP contribution in [0.5, 0.6) is 5.75 Å². The van der Waals surface area contributed by atoms with Gasteiger partial charge in [0.05, 0.1) is 13.7 Å². The summed E-state index contributed by atoms with van der Waals surface area (Å²) >= 11 is 0. The van der Waals surface area contributed by atoms with E-state index in [1.165, 1.54) is 32.1 Å². The molecule has 1 aliphatic rings. The van der Waals surface area contributed by atoms with Gasteiger partial charge >= 0.3 is 5.97 Å². The highest BCUT2D eigenvalue weighted by atomic mass is 16.5. The predicted octanol–water partition coefficient (Wildman–Crippen LogP) is 3.43. The Bertz CT molecular complexity index is 394. The second-order valence-electron chi connectivity index (χ2n) is 4.80. The Morgan fingerprint density at radius 2 is 1.94 bits per heavy atom. The third-order valence-corrected chi connectivity index (χ3v) is 3.50. The fraction of sp³-hybridized carbons (Fsp3) is 0.533. The zero-order chi connectivity index (χ0) is 12.8. The van der Waals surface area contributed by atoms with Crippen LogP contribution in [0.2, 0.25) is 0 Å². The van der Waals surface area contributed by atoms with Crippen LogP contribution in [-0.4, -0.2) is 19.7 Å². The maximum atomic E-state index is 12.0. The minimum absolute atomic E-state index is 0.280. The lowest BCUT2D eigenvalue weighted by molar-refractivity contribution is 0.0407. The van der Waals surface area contributed by atoms with Crippen LogP contribution < -0.4 is 4.74 Å². The normalized spacial score (nSPS) is 16.3. The number of rotatable bonds is 4. The van der Waals surface area contributed by atoms with Crippen molar-refractivity contribution in [3.63, 3.8) is 0 Å². The van der Waals surface area contributed by atoms with E-state index in [4.69, 9.17) is 9.47 Å². The molecule has 0 heterocycles. The Balaban J connectivity index is 1.90. The summed E-state index contributed by atoms with van der Waals surface area (Å²) in [5.74, 6) is 0.835. The van der Waals surface area contributed by atoms with Crippen molar-refractivity contribution in [3.05, 3.63) is 29.8 Å². The first-order chi connectivity index (χ1) is 8.81. The van der Waals surface area contributed by atoms with Gasteiger partial charge in [-0.1, -0.05) is 31.4 Å². The van der Waals surface area contributed by atoms with Crippen LogP contribution in [0.1, 0.15) is 42.5 Å². The van der Waals surface area contributed by atoms with Crippen molar-refractivity contribution in [3.8, 4) is 5.75 Å². The summed E-state index contributed by atoms with van der Waals surface area (Å²) in [5, 5.41) is 0. The fourth-order valence-corrected chi connectivity index (χ4v) is 2.44. The number of ether oxygens (including phenoxy) is 2. The van der Waals surface area contributed by atoms with E-state index in [0.29, 0.717) is 23.8 Å². The van der Waals surface area contributed by atoms with Crippen LogP contribution in [0.4, 0.5) is 0 Å². The number of hydrogen-bond donors (Lipinski definition) is 0. The van der Waals surface area contributed by atoms with Gasteiger partial charge in [0, 0.05) is 0 Å². The zero-order valence-electron chi connectivity index (χ0n) is 10.9. The quantitative estimate of drug-likeness (QED) is 0.766. The van der Waals surface area contributed by atoms with Crippen molar-refractivity contribution in [2.75, 3.05) is 13.7 Å². The van der Waals surface area contributed by atoms with Crippen molar-refractivity contribution in [2.45, 2.75) is 32.1 Å². The van der Waals surface area contributed by atoms with Crippen LogP contribution in [0.25, 0.3) is 0 Å². The molecule has 0 atom stereocenters. The van der Waals surface area contributed by atoms with E-state index in [1.54, 1.807) is 19.2 Å². The maximum absolute atomic E-state index is 12.0. The monoisotopic (exact) mass is 248 g/mol. The molecule has 98 valence electrons. The Labute approximate surface area is 108 Å². The maximum Gasteiger partial charge on any atom is 0.341 e. The number of carbonyl (C=O) groups is 1. The average Bonchev–Trinajstić information content (AvgIpc) is 2.45. The number of esters is 1. The first-order valence-corrected chi connectivity index (χ1v) is 6.61. The summed E-state index contributed by atoms with van der Waals surface area (Å²) in [4.78, 5) is 12.0. The molecule has 0 aromatic heterocycles. The standard InChI is InChI=1S/C15H20O3/c1-17-14-10-6-5-9-13(14)15(16)18-11-12-7-3-2-4-8-12/h5-6,9-10,12H,2-4,7-8,11H2,1H3. The molecule has 18 heavy (non-hydrogen) atoms. The van der Waals surface area contributed by atoms with Gasteiger partial charge in [0.2, 0.25) is 0 Å². The van der Waals surface area contributed by atoms with Gasteiger partial charge in [0.15, 0.2) is 0 Å². The summed E-state index contributed by atoms with van der Waals surface area (Å²) in [6.07, 6.45) is 6.20. The van der Waals surface area contributed by atoms with Crippen LogP contribution in [0, 0.1) is 5.92 Å². The molecule has 0 bridgehead atoms. The molecule has 1 aromatic carbocycles. The number of hydrogen-bond acceptors (Lipinski definition) is 3. The van der Waals surface area contributed by atoms with Gasteiger partial charge in [0.1, 0.15) is 11.3 Å². The van der Waals surface area contributed by atoms with Crippen LogP contribution >= 0.6 is 0 Å². The molecular formula is C15H20O3. The lowest BCUT2D eigenvalue weighted by Gasteiger charge is -2.21. The Morgan fingerprint density at radius 3 is 2.67 bits per heavy atom. The van der Waals surface area contributed by atoms with Crippen molar-refractivity contribution in [2.24, 2.45) is 5.92 Å². The van der Waals surface area contributed by atoms with E-state index < -0.39 is 0 Å². The molecule has 1 saturated carbocycles. The van der Waals surface area contributed by atoms with E-state index in [2.05, 4.69) is 0 Å². The summed E-state index contributed by atoms with van der Waals surface area (Å²) in [6.45, 7) is 0.539. The lowest BCUT2D eigenvalue weighted by Crippen LogP contribution is -2.17. The summed E-state index contributed by atoms with van der Waals surface area (Å²) in [6, 6.07) is 7.18. The summed E-state index contributed by atoms with van der Waals surface area (Å²) < 4.78 is 10.5. The van der Waals surface area contributed by atoms with E-state index in [0.717, 1.165) is 0 Å². The molecule has 2 rings (SSSR count). The van der Waals surface area contributed by atoms with E-state index in [1.807, 2.05) is 12.1 Å². The highest BCUT2D eigenvalue weighted by molar-refractivity contribution is 5.92. The lowest BCUT2D eigenvalue weighted by atomic mass is 9.90. The molecule has 1 fully saturated rings. The Morgan fingerprint density at radius 1 is 1.22 bits per heavy atom. The van der Waals surface area contributed by atoms with Gasteiger partial charge < -0.3 is 9.47 Å². The predicted molar refractivity (Wildman–Crippen MR) is 69.9 cm³/mol. The topological polar surface area (TPSA) is 35.5 Å². The molecule has 0 aliphatic heterocycles. The molecule has 1 aromatic rings. The smallest absolute Gasteiger partial charge is 0.341 e. The first-order valence-electron chi connectivity index (χ1n) is 6.61. The number of benzene rings is 1. The average molecular weight is 248 g/mol. The van der Waals surface area contributed by atoms with Gasteiger partial charge in [0.25, 0.3) is 0 Å². The van der Waals surface area contributed by atoms with E-state index >= 15 is 0 Å². The first kappa shape index (κ1) is 12.9. The van der Waals surface area contributed by atoms with E-state index in [-0.39, 0.29) is 5.97 Å². The van der Waals surface area contributed by atoms with Gasteiger partial charge in [-0.2, -0.15) is 0 Å². The third kappa shape index (κ3) is 3.25. The molecule has 0 radical (unpaired) electrons. The van der Waals surface area contributed by atoms with Crippen LogP contribution in [-0.2, 0) is 4.74 Å². The fourth-order valence-electron chi connectivity index (χ4n) is 2.44. The largest absolute Gasteiger partial charge is 0.496 e. The molecule has 3 nitrogen and oxygen atoms in total. The minimum atomic E-state index is -0.280. The molecule has 0 amide bonds. The minimum Gasteiger partial charge on any atom is -0.496 e. The Kier molecular flexibility index (Phi) is 4.62. The highest BCUT2D eigenvalue weighted by Gasteiger charge is 2.18. The molecule has 0 spiro atoms. The SMILES string of the molecule is COc1ccccc1C(=O)OCC1CCCCC1. The van der Waals surface area contributed by atoms with Crippen molar-refractivity contribution < 1.29 is 14.3 Å². The second-order valence-corrected chi connectivity index (χ2v) is 4.80. The van der Waals surface area contributed by atoms with Crippen LogP contribution in [0.3, 0.4) is 0 Å². The molecule has 3 heteroatoms. The van der Waals surface area contributed by atoms with Crippen molar-refractivity contribution >= 4 is 5.97 Å². The van der Waals surface area contributed by atoms with Gasteiger partial charge in [-0.3, -0.25) is 0 Å². The highest BCUT2D eigenvalue weighted by Crippen LogP contribution is 2.25.